The maximum absolute atomic E-state index is 12.6. The Bertz CT molecular complexity index is 877. The van der Waals surface area contributed by atoms with Crippen molar-refractivity contribution in [2.24, 2.45) is 0 Å². The number of aromatic amines is 1. The third-order valence-corrected chi connectivity index (χ3v) is 4.09. The number of anilines is 1. The van der Waals surface area contributed by atoms with Crippen LogP contribution in [0.25, 0.3) is 11.5 Å². The summed E-state index contributed by atoms with van der Waals surface area (Å²) in [7, 11) is 0. The molecule has 0 spiro atoms. The highest BCUT2D eigenvalue weighted by molar-refractivity contribution is 5.44. The van der Waals surface area contributed by atoms with Gasteiger partial charge in [0.25, 0.3) is 5.56 Å². The molecule has 25 heavy (non-hydrogen) atoms. The zero-order chi connectivity index (χ0) is 17.1. The highest BCUT2D eigenvalue weighted by atomic mass is 16.5. The number of H-pyrrole nitrogens is 1. The molecule has 3 aromatic rings. The highest BCUT2D eigenvalue weighted by Crippen LogP contribution is 2.15. The predicted octanol–water partition coefficient (Wildman–Crippen LogP) is 0.153. The molecule has 0 unspecified atom stereocenters. The van der Waals surface area contributed by atoms with E-state index >= 15 is 0 Å². The molecule has 0 saturated carbocycles. The van der Waals surface area contributed by atoms with Crippen molar-refractivity contribution in [2.75, 3.05) is 31.2 Å². The first kappa shape index (κ1) is 15.5. The molecular formula is C15H18N8O2. The minimum atomic E-state index is -0.258. The maximum atomic E-state index is 12.6. The molecule has 0 aliphatic carbocycles. The molecule has 130 valence electrons. The molecular weight excluding hydrogens is 324 g/mol. The normalized spacial score (nSPS) is 15.8. The summed E-state index contributed by atoms with van der Waals surface area (Å²) in [6, 6.07) is 1.80. The Labute approximate surface area is 143 Å². The minimum absolute atomic E-state index is 0.258. The van der Waals surface area contributed by atoms with Gasteiger partial charge in [-0.1, -0.05) is 5.21 Å². The van der Waals surface area contributed by atoms with Crippen LogP contribution < -0.4 is 10.5 Å². The van der Waals surface area contributed by atoms with Gasteiger partial charge >= 0.3 is 0 Å². The molecule has 1 fully saturated rings. The average Bonchev–Trinajstić information content (AvgIpc) is 3.24. The van der Waals surface area contributed by atoms with E-state index < -0.39 is 0 Å². The molecule has 4 heterocycles. The Morgan fingerprint density at radius 3 is 2.92 bits per heavy atom. The number of hydrogen-bond acceptors (Lipinski definition) is 7. The molecule has 4 rings (SSSR count). The quantitative estimate of drug-likeness (QED) is 0.722. The number of rotatable bonds is 3. The zero-order valence-electron chi connectivity index (χ0n) is 13.6. The molecule has 10 nitrogen and oxygen atoms in total. The van der Waals surface area contributed by atoms with Crippen molar-refractivity contribution in [3.05, 3.63) is 41.3 Å². The lowest BCUT2D eigenvalue weighted by molar-refractivity contribution is 0.129. The standard InChI is InChI=1S/C15H18N8O2/c24-15-12(22-5-3-18-20-22)10-19-23(15)14-9-13(16-11-17-14)21-4-1-2-7-25-8-6-21/h3,5,9-11,19H,1-2,4,6-8H2. The monoisotopic (exact) mass is 342 g/mol. The van der Waals surface area contributed by atoms with Crippen molar-refractivity contribution in [3.63, 3.8) is 0 Å². The molecule has 10 heteroatoms. The highest BCUT2D eigenvalue weighted by Gasteiger charge is 2.15. The third-order valence-electron chi connectivity index (χ3n) is 4.09. The third kappa shape index (κ3) is 3.15. The van der Waals surface area contributed by atoms with Crippen LogP contribution in [-0.2, 0) is 4.74 Å². The van der Waals surface area contributed by atoms with E-state index in [4.69, 9.17) is 4.74 Å². The summed E-state index contributed by atoms with van der Waals surface area (Å²) in [5.41, 5.74) is 0.114. The summed E-state index contributed by atoms with van der Waals surface area (Å²) < 4.78 is 8.32. The molecule has 3 aromatic heterocycles. The van der Waals surface area contributed by atoms with Crippen LogP contribution in [0.15, 0.2) is 35.8 Å². The van der Waals surface area contributed by atoms with Crippen molar-refractivity contribution in [2.45, 2.75) is 12.8 Å². The summed E-state index contributed by atoms with van der Waals surface area (Å²) in [5.74, 6) is 1.25. The van der Waals surface area contributed by atoms with Gasteiger partial charge in [-0.25, -0.2) is 14.6 Å². The van der Waals surface area contributed by atoms with Gasteiger partial charge in [0.05, 0.1) is 25.2 Å². The van der Waals surface area contributed by atoms with E-state index in [-0.39, 0.29) is 5.56 Å². The Kier molecular flexibility index (Phi) is 4.25. The van der Waals surface area contributed by atoms with Gasteiger partial charge in [-0.15, -0.1) is 5.10 Å². The summed E-state index contributed by atoms with van der Waals surface area (Å²) >= 11 is 0. The van der Waals surface area contributed by atoms with Gasteiger partial charge in [0.15, 0.2) is 11.5 Å². The van der Waals surface area contributed by atoms with Crippen LogP contribution in [0.5, 0.6) is 0 Å². The lowest BCUT2D eigenvalue weighted by atomic mass is 10.3. The Morgan fingerprint density at radius 1 is 1.12 bits per heavy atom. The smallest absolute Gasteiger partial charge is 0.298 e. The fourth-order valence-electron chi connectivity index (χ4n) is 2.79. The van der Waals surface area contributed by atoms with E-state index in [9.17, 15) is 4.79 Å². The predicted molar refractivity (Wildman–Crippen MR) is 89.2 cm³/mol. The van der Waals surface area contributed by atoms with Crippen LogP contribution in [0, 0.1) is 0 Å². The SMILES string of the molecule is O=c1c(-n2ccnn2)c[nH]n1-c1cc(N2CCCCOCC2)ncn1. The second-order valence-corrected chi connectivity index (χ2v) is 5.69. The Morgan fingerprint density at radius 2 is 2.04 bits per heavy atom. The summed E-state index contributed by atoms with van der Waals surface area (Å²) in [5, 5.41) is 10.5. The number of ether oxygens (including phenoxy) is 1. The maximum Gasteiger partial charge on any atom is 0.298 e. The van der Waals surface area contributed by atoms with Crippen LogP contribution >= 0.6 is 0 Å². The molecule has 0 amide bonds. The van der Waals surface area contributed by atoms with Crippen molar-refractivity contribution in [1.29, 1.82) is 0 Å². The first-order valence-corrected chi connectivity index (χ1v) is 8.15. The van der Waals surface area contributed by atoms with E-state index in [1.165, 1.54) is 21.9 Å². The largest absolute Gasteiger partial charge is 0.380 e. The van der Waals surface area contributed by atoms with Crippen LogP contribution in [0.1, 0.15) is 12.8 Å². The van der Waals surface area contributed by atoms with E-state index in [0.717, 1.165) is 38.4 Å². The molecule has 0 bridgehead atoms. The Balaban J connectivity index is 1.64. The minimum Gasteiger partial charge on any atom is -0.380 e. The van der Waals surface area contributed by atoms with Gasteiger partial charge in [0.1, 0.15) is 12.1 Å². The lowest BCUT2D eigenvalue weighted by Crippen LogP contribution is -2.31. The summed E-state index contributed by atoms with van der Waals surface area (Å²) in [6.07, 6.45) is 8.24. The molecule has 0 aromatic carbocycles. The van der Waals surface area contributed by atoms with Crippen LogP contribution in [-0.4, -0.2) is 61.0 Å². The van der Waals surface area contributed by atoms with Gasteiger partial charge < -0.3 is 9.64 Å². The zero-order valence-corrected chi connectivity index (χ0v) is 13.6. The Hall–Kier alpha value is -3.01. The number of nitrogens with one attached hydrogen (secondary N) is 1. The van der Waals surface area contributed by atoms with Gasteiger partial charge in [-0.2, -0.15) is 4.68 Å². The van der Waals surface area contributed by atoms with Gasteiger partial charge in [0.2, 0.25) is 0 Å². The van der Waals surface area contributed by atoms with E-state index in [1.54, 1.807) is 18.5 Å². The lowest BCUT2D eigenvalue weighted by Gasteiger charge is -2.25. The molecule has 1 N–H and O–H groups in total. The van der Waals surface area contributed by atoms with Crippen molar-refractivity contribution < 1.29 is 4.74 Å². The fraction of sp³-hybridized carbons (Fsp3) is 0.400. The number of nitrogens with zero attached hydrogens (tertiary/aromatic N) is 7. The van der Waals surface area contributed by atoms with Crippen molar-refractivity contribution in [1.82, 2.24) is 34.7 Å². The van der Waals surface area contributed by atoms with Gasteiger partial charge in [-0.3, -0.25) is 9.89 Å². The molecule has 0 radical (unpaired) electrons. The molecule has 0 atom stereocenters. The topological polar surface area (TPSA) is 107 Å². The second-order valence-electron chi connectivity index (χ2n) is 5.69. The van der Waals surface area contributed by atoms with E-state index in [1.807, 2.05) is 0 Å². The first-order valence-electron chi connectivity index (χ1n) is 8.15. The van der Waals surface area contributed by atoms with Crippen molar-refractivity contribution in [3.8, 4) is 11.5 Å². The van der Waals surface area contributed by atoms with Gasteiger partial charge in [0, 0.05) is 25.8 Å². The van der Waals surface area contributed by atoms with Crippen LogP contribution in [0.2, 0.25) is 0 Å². The average molecular weight is 342 g/mol. The van der Waals surface area contributed by atoms with Gasteiger partial charge in [-0.05, 0) is 12.8 Å². The summed E-state index contributed by atoms with van der Waals surface area (Å²) in [6.45, 7) is 3.15. The molecule has 1 aliphatic rings. The number of aromatic nitrogens is 7. The van der Waals surface area contributed by atoms with E-state index in [0.29, 0.717) is 18.1 Å². The van der Waals surface area contributed by atoms with Crippen LogP contribution in [0.3, 0.4) is 0 Å². The molecule has 1 saturated heterocycles. The van der Waals surface area contributed by atoms with Crippen molar-refractivity contribution >= 4 is 5.82 Å². The molecule has 1 aliphatic heterocycles. The second kappa shape index (κ2) is 6.85. The first-order chi connectivity index (χ1) is 12.3. The fourth-order valence-corrected chi connectivity index (χ4v) is 2.79. The summed E-state index contributed by atoms with van der Waals surface area (Å²) in [4.78, 5) is 23.3. The number of hydrogen-bond donors (Lipinski definition) is 1. The van der Waals surface area contributed by atoms with E-state index in [2.05, 4.69) is 30.3 Å². The van der Waals surface area contributed by atoms with Crippen LogP contribution in [0.4, 0.5) is 5.82 Å².